The lowest BCUT2D eigenvalue weighted by atomic mass is 10.1. The molecule has 0 aliphatic carbocycles. The fourth-order valence-electron chi connectivity index (χ4n) is 1.52. The van der Waals surface area contributed by atoms with Crippen LogP contribution < -0.4 is 10.6 Å². The fraction of sp³-hybridized carbons (Fsp3) is 0.300. The predicted octanol–water partition coefficient (Wildman–Crippen LogP) is 0.810. The molecule has 2 heterocycles. The van der Waals surface area contributed by atoms with Gasteiger partial charge in [0.25, 0.3) is 0 Å². The molecule has 2 amide bonds. The number of nitrogens with zero attached hydrogens (tertiary/aromatic N) is 1. The van der Waals surface area contributed by atoms with Crippen LogP contribution >= 0.6 is 11.6 Å². The van der Waals surface area contributed by atoms with E-state index in [2.05, 4.69) is 15.6 Å². The van der Waals surface area contributed by atoms with Gasteiger partial charge in [0.1, 0.15) is 5.15 Å². The second-order valence-corrected chi connectivity index (χ2v) is 3.95. The molecule has 84 valence electrons. The van der Waals surface area contributed by atoms with Crippen LogP contribution in [0.25, 0.3) is 0 Å². The lowest BCUT2D eigenvalue weighted by Crippen LogP contribution is -2.24. The van der Waals surface area contributed by atoms with Gasteiger partial charge >= 0.3 is 0 Å². The minimum atomic E-state index is -0.306. The van der Waals surface area contributed by atoms with Crippen LogP contribution in [-0.2, 0) is 9.59 Å². The number of rotatable bonds is 2. The minimum absolute atomic E-state index is 0.0899. The molecule has 1 aliphatic rings. The Kier molecular flexibility index (Phi) is 3.05. The zero-order valence-electron chi connectivity index (χ0n) is 8.37. The summed E-state index contributed by atoms with van der Waals surface area (Å²) in [6.45, 7) is 0.392. The van der Waals surface area contributed by atoms with E-state index in [1.54, 1.807) is 12.1 Å². The van der Waals surface area contributed by atoms with Crippen molar-refractivity contribution in [3.8, 4) is 0 Å². The topological polar surface area (TPSA) is 71.1 Å². The van der Waals surface area contributed by atoms with Crippen LogP contribution in [-0.4, -0.2) is 23.3 Å². The maximum Gasteiger partial charge on any atom is 0.229 e. The van der Waals surface area contributed by atoms with Gasteiger partial charge in [0, 0.05) is 24.8 Å². The van der Waals surface area contributed by atoms with Gasteiger partial charge in [-0.05, 0) is 12.1 Å². The molecule has 0 saturated carbocycles. The van der Waals surface area contributed by atoms with E-state index in [-0.39, 0.29) is 24.2 Å². The summed E-state index contributed by atoms with van der Waals surface area (Å²) in [5.74, 6) is -0.576. The molecule has 2 N–H and O–H groups in total. The first kappa shape index (κ1) is 10.9. The normalized spacial score (nSPS) is 19.3. The van der Waals surface area contributed by atoms with Gasteiger partial charge in [-0.3, -0.25) is 9.59 Å². The van der Waals surface area contributed by atoms with Gasteiger partial charge in [0.05, 0.1) is 5.92 Å². The summed E-state index contributed by atoms with van der Waals surface area (Å²) in [4.78, 5) is 26.5. The maximum atomic E-state index is 11.7. The number of carbonyl (C=O) groups is 2. The van der Waals surface area contributed by atoms with Gasteiger partial charge in [-0.2, -0.15) is 0 Å². The van der Waals surface area contributed by atoms with Crippen LogP contribution in [0, 0.1) is 5.92 Å². The average Bonchev–Trinajstić information content (AvgIpc) is 2.65. The average molecular weight is 240 g/mol. The predicted molar refractivity (Wildman–Crippen MR) is 59.0 cm³/mol. The molecule has 5 nitrogen and oxygen atoms in total. The van der Waals surface area contributed by atoms with Crippen LogP contribution in [0.4, 0.5) is 5.69 Å². The van der Waals surface area contributed by atoms with Gasteiger partial charge in [0.2, 0.25) is 11.8 Å². The number of pyridine rings is 1. The quantitative estimate of drug-likeness (QED) is 0.751. The number of nitrogens with one attached hydrogen (secondary N) is 2. The Balaban J connectivity index is 1.99. The van der Waals surface area contributed by atoms with Crippen molar-refractivity contribution < 1.29 is 9.59 Å². The van der Waals surface area contributed by atoms with E-state index in [1.807, 2.05) is 0 Å². The molecule has 0 bridgehead atoms. The molecular formula is C10H10ClN3O2. The molecule has 1 atom stereocenters. The number of hydrogen-bond donors (Lipinski definition) is 2. The van der Waals surface area contributed by atoms with Crippen molar-refractivity contribution in [3.63, 3.8) is 0 Å². The van der Waals surface area contributed by atoms with E-state index in [9.17, 15) is 9.59 Å². The summed E-state index contributed by atoms with van der Waals surface area (Å²) in [5.41, 5.74) is 0.587. The molecule has 0 aromatic carbocycles. The lowest BCUT2D eigenvalue weighted by Gasteiger charge is -2.08. The third kappa shape index (κ3) is 2.49. The zero-order chi connectivity index (χ0) is 11.5. The van der Waals surface area contributed by atoms with Crippen LogP contribution in [0.5, 0.6) is 0 Å². The third-order valence-corrected chi connectivity index (χ3v) is 2.55. The van der Waals surface area contributed by atoms with E-state index in [0.717, 1.165) is 0 Å². The van der Waals surface area contributed by atoms with E-state index < -0.39 is 0 Å². The zero-order valence-corrected chi connectivity index (χ0v) is 9.12. The number of amides is 2. The smallest absolute Gasteiger partial charge is 0.229 e. The van der Waals surface area contributed by atoms with E-state index in [0.29, 0.717) is 17.4 Å². The van der Waals surface area contributed by atoms with E-state index in [4.69, 9.17) is 11.6 Å². The van der Waals surface area contributed by atoms with Gasteiger partial charge in [-0.25, -0.2) is 4.98 Å². The standard InChI is InChI=1S/C10H10ClN3O2/c11-8-4-7(1-2-12-8)14-10(16)6-3-9(15)13-5-6/h1-2,4,6H,3,5H2,(H,13,15)(H,12,14,16). The molecule has 1 aromatic heterocycles. The highest BCUT2D eigenvalue weighted by atomic mass is 35.5. The van der Waals surface area contributed by atoms with Gasteiger partial charge in [-0.1, -0.05) is 11.6 Å². The second-order valence-electron chi connectivity index (χ2n) is 3.56. The highest BCUT2D eigenvalue weighted by Crippen LogP contribution is 2.15. The molecule has 16 heavy (non-hydrogen) atoms. The van der Waals surface area contributed by atoms with Crippen molar-refractivity contribution in [2.75, 3.05) is 11.9 Å². The third-order valence-electron chi connectivity index (χ3n) is 2.34. The van der Waals surface area contributed by atoms with Crippen LogP contribution in [0.2, 0.25) is 5.15 Å². The summed E-state index contributed by atoms with van der Waals surface area (Å²) in [6.07, 6.45) is 1.75. The highest BCUT2D eigenvalue weighted by Gasteiger charge is 2.27. The lowest BCUT2D eigenvalue weighted by molar-refractivity contribution is -0.123. The van der Waals surface area contributed by atoms with Crippen molar-refractivity contribution in [3.05, 3.63) is 23.5 Å². The summed E-state index contributed by atoms with van der Waals surface area (Å²) in [7, 11) is 0. The fourth-order valence-corrected chi connectivity index (χ4v) is 1.69. The number of aromatic nitrogens is 1. The molecule has 6 heteroatoms. The molecule has 0 spiro atoms. The Hall–Kier alpha value is -1.62. The summed E-state index contributed by atoms with van der Waals surface area (Å²) in [6, 6.07) is 3.21. The molecule has 1 unspecified atom stereocenters. The van der Waals surface area contributed by atoms with Crippen molar-refractivity contribution in [1.82, 2.24) is 10.3 Å². The van der Waals surface area contributed by atoms with E-state index >= 15 is 0 Å². The Bertz CT molecular complexity index is 436. The molecular weight excluding hydrogens is 230 g/mol. The van der Waals surface area contributed by atoms with Crippen molar-refractivity contribution in [1.29, 1.82) is 0 Å². The van der Waals surface area contributed by atoms with Gasteiger partial charge in [0.15, 0.2) is 0 Å². The SMILES string of the molecule is O=C1CC(C(=O)Nc2ccnc(Cl)c2)CN1. The Morgan fingerprint density at radius 3 is 3.06 bits per heavy atom. The van der Waals surface area contributed by atoms with Gasteiger partial charge in [-0.15, -0.1) is 0 Å². The summed E-state index contributed by atoms with van der Waals surface area (Å²) in [5, 5.41) is 5.62. The Morgan fingerprint density at radius 1 is 1.62 bits per heavy atom. The number of carbonyl (C=O) groups excluding carboxylic acids is 2. The van der Waals surface area contributed by atoms with Gasteiger partial charge < -0.3 is 10.6 Å². The molecule has 0 radical (unpaired) electrons. The Labute approximate surface area is 97.2 Å². The second kappa shape index (κ2) is 4.49. The first-order valence-corrected chi connectivity index (χ1v) is 5.22. The van der Waals surface area contributed by atoms with Crippen molar-refractivity contribution in [2.24, 2.45) is 5.92 Å². The molecule has 2 rings (SSSR count). The molecule has 1 aromatic rings. The molecule has 1 fully saturated rings. The summed E-state index contributed by atoms with van der Waals surface area (Å²) < 4.78 is 0. The molecule has 1 saturated heterocycles. The first-order chi connectivity index (χ1) is 7.65. The summed E-state index contributed by atoms with van der Waals surface area (Å²) >= 11 is 5.68. The molecule has 1 aliphatic heterocycles. The highest BCUT2D eigenvalue weighted by molar-refractivity contribution is 6.29. The van der Waals surface area contributed by atoms with Crippen LogP contribution in [0.15, 0.2) is 18.3 Å². The number of hydrogen-bond acceptors (Lipinski definition) is 3. The van der Waals surface area contributed by atoms with Crippen LogP contribution in [0.3, 0.4) is 0 Å². The number of halogens is 1. The number of anilines is 1. The minimum Gasteiger partial charge on any atom is -0.355 e. The largest absolute Gasteiger partial charge is 0.355 e. The first-order valence-electron chi connectivity index (χ1n) is 4.84. The van der Waals surface area contributed by atoms with Crippen LogP contribution in [0.1, 0.15) is 6.42 Å². The van der Waals surface area contributed by atoms with Crippen molar-refractivity contribution >= 4 is 29.1 Å². The van der Waals surface area contributed by atoms with E-state index in [1.165, 1.54) is 6.20 Å². The van der Waals surface area contributed by atoms with Crippen molar-refractivity contribution in [2.45, 2.75) is 6.42 Å². The Morgan fingerprint density at radius 2 is 2.44 bits per heavy atom. The monoisotopic (exact) mass is 239 g/mol. The maximum absolute atomic E-state index is 11.7.